The molecule has 0 aromatic heterocycles. The van der Waals surface area contributed by atoms with Crippen molar-refractivity contribution in [2.75, 3.05) is 6.54 Å². The Hall–Kier alpha value is -1.00. The minimum atomic E-state index is -0.841. The Labute approximate surface area is 101 Å². The third-order valence-corrected chi connectivity index (χ3v) is 2.60. The second-order valence-corrected chi connectivity index (χ2v) is 4.65. The van der Waals surface area contributed by atoms with E-state index in [0.29, 0.717) is 12.1 Å². The van der Waals surface area contributed by atoms with Crippen LogP contribution in [-0.2, 0) is 0 Å². The summed E-state index contributed by atoms with van der Waals surface area (Å²) >= 11 is 0. The highest BCUT2D eigenvalue weighted by atomic mass is 19.2. The topological polar surface area (TPSA) is 32.3 Å². The highest BCUT2D eigenvalue weighted by molar-refractivity contribution is 5.21. The van der Waals surface area contributed by atoms with Crippen LogP contribution in [-0.4, -0.2) is 17.8 Å². The van der Waals surface area contributed by atoms with E-state index in [9.17, 15) is 13.9 Å². The average molecular weight is 243 g/mol. The molecule has 1 rings (SSSR count). The molecule has 1 unspecified atom stereocenters. The maximum absolute atomic E-state index is 13.1. The molecule has 96 valence electrons. The number of hydrogen-bond acceptors (Lipinski definition) is 2. The monoisotopic (exact) mass is 243 g/mol. The van der Waals surface area contributed by atoms with Crippen molar-refractivity contribution in [3.63, 3.8) is 0 Å². The molecular formula is C13H19F2NO. The normalized spacial score (nSPS) is 15.0. The van der Waals surface area contributed by atoms with Crippen LogP contribution < -0.4 is 5.32 Å². The van der Waals surface area contributed by atoms with Crippen LogP contribution in [0, 0.1) is 17.6 Å². The highest BCUT2D eigenvalue weighted by Gasteiger charge is 2.17. The molecule has 0 aliphatic carbocycles. The zero-order valence-electron chi connectivity index (χ0n) is 10.4. The molecule has 0 spiro atoms. The second kappa shape index (κ2) is 6.07. The maximum Gasteiger partial charge on any atom is 0.159 e. The fourth-order valence-corrected chi connectivity index (χ4v) is 1.74. The predicted molar refractivity (Wildman–Crippen MR) is 63.6 cm³/mol. The van der Waals surface area contributed by atoms with Crippen LogP contribution in [0.5, 0.6) is 0 Å². The third-order valence-electron chi connectivity index (χ3n) is 2.60. The Kier molecular flexibility index (Phi) is 5.02. The van der Waals surface area contributed by atoms with E-state index in [0.717, 1.165) is 6.07 Å². The van der Waals surface area contributed by atoms with Gasteiger partial charge in [-0.2, -0.15) is 0 Å². The molecule has 0 saturated carbocycles. The molecule has 0 aliphatic heterocycles. The number of aliphatic hydroxyl groups is 1. The van der Waals surface area contributed by atoms with Crippen LogP contribution >= 0.6 is 0 Å². The Bertz CT molecular complexity index is 366. The van der Waals surface area contributed by atoms with Crippen LogP contribution in [0.4, 0.5) is 8.78 Å². The minimum absolute atomic E-state index is 0.0975. The molecule has 0 radical (unpaired) electrons. The summed E-state index contributed by atoms with van der Waals surface area (Å²) in [6.07, 6.45) is -0.471. The van der Waals surface area contributed by atoms with Gasteiger partial charge in [-0.15, -0.1) is 0 Å². The van der Waals surface area contributed by atoms with Gasteiger partial charge in [0.25, 0.3) is 0 Å². The van der Waals surface area contributed by atoms with E-state index in [1.807, 2.05) is 13.8 Å². The summed E-state index contributed by atoms with van der Waals surface area (Å²) in [6.45, 7) is 6.07. The van der Waals surface area contributed by atoms with Crippen LogP contribution in [0.1, 0.15) is 32.4 Å². The van der Waals surface area contributed by atoms with Crippen molar-refractivity contribution in [1.29, 1.82) is 0 Å². The molecule has 0 bridgehead atoms. The standard InChI is InChI=1S/C13H19F2NO/c1-8(2)13(16-7-9(3)17)10-4-5-11(14)12(15)6-10/h4-6,8-9,13,16-17H,7H2,1-3H3/t9-,13?/m0/s1. The Morgan fingerprint density at radius 2 is 1.82 bits per heavy atom. The molecule has 2 N–H and O–H groups in total. The van der Waals surface area contributed by atoms with Crippen molar-refractivity contribution in [3.05, 3.63) is 35.4 Å². The third kappa shape index (κ3) is 4.06. The highest BCUT2D eigenvalue weighted by Crippen LogP contribution is 2.23. The fourth-order valence-electron chi connectivity index (χ4n) is 1.74. The summed E-state index contributed by atoms with van der Waals surface area (Å²) in [5.74, 6) is -1.46. The van der Waals surface area contributed by atoms with Crippen molar-refractivity contribution in [1.82, 2.24) is 5.32 Å². The number of aliphatic hydroxyl groups excluding tert-OH is 1. The maximum atomic E-state index is 13.1. The average Bonchev–Trinajstić information content (AvgIpc) is 2.22. The summed E-state index contributed by atoms with van der Waals surface area (Å²) in [5.41, 5.74) is 0.694. The van der Waals surface area contributed by atoms with E-state index >= 15 is 0 Å². The summed E-state index contributed by atoms with van der Waals surface area (Å²) in [4.78, 5) is 0. The quantitative estimate of drug-likeness (QED) is 0.833. The van der Waals surface area contributed by atoms with E-state index in [1.165, 1.54) is 6.07 Å². The van der Waals surface area contributed by atoms with Crippen LogP contribution in [0.3, 0.4) is 0 Å². The second-order valence-electron chi connectivity index (χ2n) is 4.65. The molecule has 0 aliphatic rings. The van der Waals surface area contributed by atoms with Crippen molar-refractivity contribution in [3.8, 4) is 0 Å². The molecule has 1 aromatic rings. The summed E-state index contributed by atoms with van der Waals surface area (Å²) in [7, 11) is 0. The molecular weight excluding hydrogens is 224 g/mol. The largest absolute Gasteiger partial charge is 0.392 e. The first-order valence-electron chi connectivity index (χ1n) is 5.78. The summed E-state index contributed by atoms with van der Waals surface area (Å²) < 4.78 is 26.0. The molecule has 0 amide bonds. The van der Waals surface area contributed by atoms with Gasteiger partial charge in [-0.1, -0.05) is 19.9 Å². The van der Waals surface area contributed by atoms with Gasteiger partial charge in [0, 0.05) is 12.6 Å². The number of hydrogen-bond donors (Lipinski definition) is 2. The van der Waals surface area contributed by atoms with Gasteiger partial charge in [-0.05, 0) is 30.5 Å². The number of nitrogens with one attached hydrogen (secondary N) is 1. The van der Waals surface area contributed by atoms with Gasteiger partial charge in [-0.25, -0.2) is 8.78 Å². The van der Waals surface area contributed by atoms with Crippen molar-refractivity contribution < 1.29 is 13.9 Å². The van der Waals surface area contributed by atoms with Gasteiger partial charge in [0.15, 0.2) is 11.6 Å². The van der Waals surface area contributed by atoms with E-state index in [-0.39, 0.29) is 12.0 Å². The van der Waals surface area contributed by atoms with Crippen molar-refractivity contribution >= 4 is 0 Å². The van der Waals surface area contributed by atoms with Gasteiger partial charge < -0.3 is 10.4 Å². The van der Waals surface area contributed by atoms with Crippen LogP contribution in [0.15, 0.2) is 18.2 Å². The van der Waals surface area contributed by atoms with Gasteiger partial charge in [0.05, 0.1) is 6.10 Å². The Morgan fingerprint density at radius 1 is 1.18 bits per heavy atom. The van der Waals surface area contributed by atoms with E-state index < -0.39 is 17.7 Å². The molecule has 1 aromatic carbocycles. The number of halogens is 2. The van der Waals surface area contributed by atoms with Crippen LogP contribution in [0.25, 0.3) is 0 Å². The van der Waals surface area contributed by atoms with Crippen molar-refractivity contribution in [2.45, 2.75) is 32.9 Å². The summed E-state index contributed by atoms with van der Waals surface area (Å²) in [5, 5.41) is 12.4. The number of rotatable bonds is 5. The van der Waals surface area contributed by atoms with Gasteiger partial charge in [0.2, 0.25) is 0 Å². The molecule has 0 fully saturated rings. The lowest BCUT2D eigenvalue weighted by atomic mass is 9.95. The molecule has 4 heteroatoms. The number of benzene rings is 1. The predicted octanol–water partition coefficient (Wildman–Crippen LogP) is 2.63. The minimum Gasteiger partial charge on any atom is -0.392 e. The molecule has 0 saturated heterocycles. The molecule has 17 heavy (non-hydrogen) atoms. The smallest absolute Gasteiger partial charge is 0.159 e. The molecule has 2 nitrogen and oxygen atoms in total. The van der Waals surface area contributed by atoms with E-state index in [2.05, 4.69) is 5.32 Å². The first-order chi connectivity index (χ1) is 7.91. The lowest BCUT2D eigenvalue weighted by Gasteiger charge is -2.24. The zero-order valence-corrected chi connectivity index (χ0v) is 10.4. The Morgan fingerprint density at radius 3 is 2.29 bits per heavy atom. The van der Waals surface area contributed by atoms with Gasteiger partial charge >= 0.3 is 0 Å². The van der Waals surface area contributed by atoms with Crippen LogP contribution in [0.2, 0.25) is 0 Å². The van der Waals surface area contributed by atoms with Gasteiger partial charge in [-0.3, -0.25) is 0 Å². The lowest BCUT2D eigenvalue weighted by Crippen LogP contribution is -2.31. The van der Waals surface area contributed by atoms with Gasteiger partial charge in [0.1, 0.15) is 0 Å². The first kappa shape index (κ1) is 14.1. The fraction of sp³-hybridized carbons (Fsp3) is 0.538. The molecule has 0 heterocycles. The summed E-state index contributed by atoms with van der Waals surface area (Å²) in [6, 6.07) is 3.80. The van der Waals surface area contributed by atoms with E-state index in [4.69, 9.17) is 0 Å². The molecule has 2 atom stereocenters. The van der Waals surface area contributed by atoms with E-state index in [1.54, 1.807) is 13.0 Å². The van der Waals surface area contributed by atoms with Crippen molar-refractivity contribution in [2.24, 2.45) is 5.92 Å². The zero-order chi connectivity index (χ0) is 13.0. The Balaban J connectivity index is 2.85. The lowest BCUT2D eigenvalue weighted by molar-refractivity contribution is 0.181. The SMILES string of the molecule is CC(C)C(NC[C@H](C)O)c1ccc(F)c(F)c1. The first-order valence-corrected chi connectivity index (χ1v) is 5.78.